The van der Waals surface area contributed by atoms with Crippen LogP contribution in [0.5, 0.6) is 0 Å². The molecule has 4 rings (SSSR count). The number of hydrogen-bond acceptors (Lipinski definition) is 7. The third-order valence-electron chi connectivity index (χ3n) is 6.14. The van der Waals surface area contributed by atoms with Gasteiger partial charge in [0.2, 0.25) is 11.8 Å². The third-order valence-corrected chi connectivity index (χ3v) is 10.6. The van der Waals surface area contributed by atoms with Crippen LogP contribution in [0.1, 0.15) is 32.6 Å². The van der Waals surface area contributed by atoms with Crippen molar-refractivity contribution in [3.63, 3.8) is 0 Å². The Hall–Kier alpha value is -1.50. The van der Waals surface area contributed by atoms with Crippen molar-refractivity contribution < 1.29 is 18.0 Å². The Kier molecular flexibility index (Phi) is 8.32. The summed E-state index contributed by atoms with van der Waals surface area (Å²) in [5.41, 5.74) is 0. The first-order valence-electron chi connectivity index (χ1n) is 11.5. The number of nitrogens with zero attached hydrogens (tertiary/aromatic N) is 2. The molecule has 2 atom stereocenters. The summed E-state index contributed by atoms with van der Waals surface area (Å²) in [6.45, 7) is 4.77. The topological polar surface area (TPSA) is 98.8 Å². The molecule has 2 saturated heterocycles. The molecule has 12 heteroatoms. The second-order valence-electron chi connectivity index (χ2n) is 8.49. The van der Waals surface area contributed by atoms with E-state index in [-0.39, 0.29) is 28.6 Å². The van der Waals surface area contributed by atoms with Crippen LogP contribution in [-0.2, 0) is 19.6 Å². The predicted octanol–water partition coefficient (Wildman–Crippen LogP) is 3.00. The summed E-state index contributed by atoms with van der Waals surface area (Å²) in [7, 11) is -3.87. The van der Waals surface area contributed by atoms with Gasteiger partial charge in [0, 0.05) is 35.4 Å². The van der Waals surface area contributed by atoms with Crippen molar-refractivity contribution in [3.05, 3.63) is 28.6 Å². The summed E-state index contributed by atoms with van der Waals surface area (Å²) in [5, 5.41) is 3.29. The van der Waals surface area contributed by atoms with E-state index in [0.29, 0.717) is 30.3 Å². The summed E-state index contributed by atoms with van der Waals surface area (Å²) in [6.07, 6.45) is 2.96. The Bertz CT molecular complexity index is 1130. The number of likely N-dealkylation sites (tertiary alicyclic amines) is 2. The molecule has 0 spiro atoms. The highest BCUT2D eigenvalue weighted by atomic mass is 35.5. The molecule has 0 saturated carbocycles. The zero-order valence-corrected chi connectivity index (χ0v) is 22.2. The van der Waals surface area contributed by atoms with Crippen molar-refractivity contribution in [3.8, 4) is 9.75 Å². The number of thiophene rings is 2. The van der Waals surface area contributed by atoms with Crippen LogP contribution in [0.2, 0.25) is 4.34 Å². The van der Waals surface area contributed by atoms with E-state index >= 15 is 0 Å². The van der Waals surface area contributed by atoms with E-state index in [1.54, 1.807) is 18.2 Å². The molecular weight excluding hydrogens is 516 g/mol. The first-order chi connectivity index (χ1) is 16.3. The van der Waals surface area contributed by atoms with E-state index in [1.165, 1.54) is 16.2 Å². The minimum Gasteiger partial charge on any atom is -0.337 e. The molecule has 2 aromatic rings. The highest BCUT2D eigenvalue weighted by molar-refractivity contribution is 7.91. The minimum absolute atomic E-state index is 0.0119. The average Bonchev–Trinajstić information content (AvgIpc) is 3.55. The molecule has 0 radical (unpaired) electrons. The number of hydrogen-bond donors (Lipinski definition) is 2. The van der Waals surface area contributed by atoms with Crippen LogP contribution in [0.25, 0.3) is 9.75 Å². The summed E-state index contributed by atoms with van der Waals surface area (Å²) >= 11 is 8.52. The largest absolute Gasteiger partial charge is 0.337 e. The first-order valence-corrected chi connectivity index (χ1v) is 14.9. The molecule has 2 aliphatic rings. The molecule has 34 heavy (non-hydrogen) atoms. The van der Waals surface area contributed by atoms with Crippen LogP contribution >= 0.6 is 34.3 Å². The standard InChI is InChI=1S/C22H29ClN4O4S3/c1-2-24-13-15-5-3-12-27(15)20(28)14-26-11-4-6-16(22(26)29)25-34(30,31)21-10-8-18(33-21)17-7-9-19(23)32-17/h7-10,15-16,24-25H,2-6,11-14H2,1H3/t15-,16-/m0/s1. The fraction of sp³-hybridized carbons (Fsp3) is 0.545. The van der Waals surface area contributed by atoms with Crippen LogP contribution in [0.4, 0.5) is 0 Å². The van der Waals surface area contributed by atoms with Crippen LogP contribution < -0.4 is 10.0 Å². The number of amides is 2. The SMILES string of the molecule is CCNC[C@@H]1CCCN1C(=O)CN1CCC[C@H](NS(=O)(=O)c2ccc(-c3ccc(Cl)s3)s2)C1=O. The lowest BCUT2D eigenvalue weighted by Gasteiger charge is -2.34. The van der Waals surface area contributed by atoms with Crippen molar-refractivity contribution in [2.75, 3.05) is 32.7 Å². The Morgan fingerprint density at radius 3 is 2.59 bits per heavy atom. The number of carbonyl (C=O) groups excluding carboxylic acids is 2. The van der Waals surface area contributed by atoms with Crippen LogP contribution in [0.15, 0.2) is 28.5 Å². The van der Waals surface area contributed by atoms with Gasteiger partial charge in [-0.25, -0.2) is 8.42 Å². The van der Waals surface area contributed by atoms with Gasteiger partial charge in [0.25, 0.3) is 10.0 Å². The smallest absolute Gasteiger partial charge is 0.250 e. The lowest BCUT2D eigenvalue weighted by Crippen LogP contribution is -2.55. The summed E-state index contributed by atoms with van der Waals surface area (Å²) in [4.78, 5) is 31.1. The molecule has 2 aromatic heterocycles. The Morgan fingerprint density at radius 1 is 1.12 bits per heavy atom. The molecule has 2 N–H and O–H groups in total. The fourth-order valence-electron chi connectivity index (χ4n) is 4.44. The number of likely N-dealkylation sites (N-methyl/N-ethyl adjacent to an activating group) is 1. The zero-order chi connectivity index (χ0) is 24.3. The maximum atomic E-state index is 13.1. The Labute approximate surface area is 213 Å². The number of piperidine rings is 1. The van der Waals surface area contributed by atoms with E-state index in [1.807, 2.05) is 17.9 Å². The number of halogens is 1. The van der Waals surface area contributed by atoms with Crippen molar-refractivity contribution in [2.45, 2.75) is 48.9 Å². The number of rotatable bonds is 9. The van der Waals surface area contributed by atoms with Gasteiger partial charge in [0.05, 0.1) is 10.9 Å². The van der Waals surface area contributed by atoms with Gasteiger partial charge >= 0.3 is 0 Å². The van der Waals surface area contributed by atoms with Gasteiger partial charge in [-0.1, -0.05) is 18.5 Å². The third kappa shape index (κ3) is 5.83. The monoisotopic (exact) mass is 544 g/mol. The van der Waals surface area contributed by atoms with Gasteiger partial charge in [-0.15, -0.1) is 22.7 Å². The molecule has 0 bridgehead atoms. The van der Waals surface area contributed by atoms with Gasteiger partial charge in [-0.2, -0.15) is 4.72 Å². The van der Waals surface area contributed by atoms with Crippen molar-refractivity contribution in [1.29, 1.82) is 0 Å². The summed E-state index contributed by atoms with van der Waals surface area (Å²) < 4.78 is 29.4. The maximum Gasteiger partial charge on any atom is 0.250 e. The second kappa shape index (κ2) is 11.0. The van der Waals surface area contributed by atoms with Crippen molar-refractivity contribution in [2.24, 2.45) is 0 Å². The zero-order valence-electron chi connectivity index (χ0n) is 19.0. The average molecular weight is 545 g/mol. The molecule has 2 aliphatic heterocycles. The van der Waals surface area contributed by atoms with E-state index < -0.39 is 16.1 Å². The molecule has 0 aliphatic carbocycles. The molecule has 2 fully saturated rings. The van der Waals surface area contributed by atoms with E-state index in [4.69, 9.17) is 11.6 Å². The molecule has 8 nitrogen and oxygen atoms in total. The molecular formula is C22H29ClN4O4S3. The van der Waals surface area contributed by atoms with E-state index in [9.17, 15) is 18.0 Å². The Morgan fingerprint density at radius 2 is 1.85 bits per heavy atom. The lowest BCUT2D eigenvalue weighted by atomic mass is 10.1. The Balaban J connectivity index is 1.39. The highest BCUT2D eigenvalue weighted by Crippen LogP contribution is 2.36. The normalized spacial score (nSPS) is 21.4. The van der Waals surface area contributed by atoms with E-state index in [0.717, 1.165) is 47.0 Å². The second-order valence-corrected chi connectivity index (χ2v) is 13.2. The quantitative estimate of drug-likeness (QED) is 0.505. The van der Waals surface area contributed by atoms with Crippen molar-refractivity contribution >= 4 is 56.1 Å². The van der Waals surface area contributed by atoms with Gasteiger partial charge < -0.3 is 15.1 Å². The summed E-state index contributed by atoms with van der Waals surface area (Å²) in [5.74, 6) is -0.415. The van der Waals surface area contributed by atoms with E-state index in [2.05, 4.69) is 10.0 Å². The van der Waals surface area contributed by atoms with Gasteiger partial charge in [0.1, 0.15) is 10.3 Å². The number of sulfonamides is 1. The predicted molar refractivity (Wildman–Crippen MR) is 136 cm³/mol. The van der Waals surface area contributed by atoms with Gasteiger partial charge in [0.15, 0.2) is 0 Å². The molecule has 2 amide bonds. The first kappa shape index (κ1) is 25.6. The number of nitrogens with one attached hydrogen (secondary N) is 2. The molecule has 0 aromatic carbocycles. The maximum absolute atomic E-state index is 13.1. The van der Waals surface area contributed by atoms with Crippen LogP contribution in [-0.4, -0.2) is 74.8 Å². The minimum atomic E-state index is -3.87. The number of carbonyl (C=O) groups is 2. The molecule has 4 heterocycles. The van der Waals surface area contributed by atoms with Crippen LogP contribution in [0, 0.1) is 0 Å². The van der Waals surface area contributed by atoms with Gasteiger partial charge in [-0.3, -0.25) is 9.59 Å². The summed E-state index contributed by atoms with van der Waals surface area (Å²) in [6, 6.07) is 6.19. The molecule has 186 valence electrons. The molecule has 0 unspecified atom stereocenters. The highest BCUT2D eigenvalue weighted by Gasteiger charge is 2.36. The van der Waals surface area contributed by atoms with Crippen LogP contribution in [0.3, 0.4) is 0 Å². The fourth-order valence-corrected chi connectivity index (χ4v) is 8.12. The van der Waals surface area contributed by atoms with Crippen molar-refractivity contribution in [1.82, 2.24) is 19.8 Å². The lowest BCUT2D eigenvalue weighted by molar-refractivity contribution is -0.143. The van der Waals surface area contributed by atoms with Gasteiger partial charge in [-0.05, 0) is 56.5 Å².